The van der Waals surface area contributed by atoms with E-state index in [9.17, 15) is 4.79 Å². The van der Waals surface area contributed by atoms with E-state index in [1.807, 2.05) is 97.9 Å². The fraction of sp³-hybridized carbons (Fsp3) is 0.120. The second-order valence-corrected chi connectivity index (χ2v) is 7.32. The first-order valence-corrected chi connectivity index (χ1v) is 10.1. The second-order valence-electron chi connectivity index (χ2n) is 6.96. The molecule has 0 aliphatic heterocycles. The van der Waals surface area contributed by atoms with E-state index in [2.05, 4.69) is 5.10 Å². The number of ether oxygens (including phenoxy) is 1. The van der Waals surface area contributed by atoms with Crippen molar-refractivity contribution >= 4 is 17.6 Å². The minimum atomic E-state index is -0.504. The number of aromatic nitrogens is 2. The highest BCUT2D eigenvalue weighted by Gasteiger charge is 2.25. The molecule has 0 aliphatic carbocycles. The number of halogens is 1. The van der Waals surface area contributed by atoms with Crippen molar-refractivity contribution in [1.29, 1.82) is 0 Å². The van der Waals surface area contributed by atoms with Crippen molar-refractivity contribution in [2.75, 3.05) is 0 Å². The van der Waals surface area contributed by atoms with Crippen LogP contribution in [0.1, 0.15) is 28.3 Å². The fourth-order valence-electron chi connectivity index (χ4n) is 3.42. The van der Waals surface area contributed by atoms with Crippen LogP contribution in [0, 0.1) is 6.92 Å². The predicted molar refractivity (Wildman–Crippen MR) is 118 cm³/mol. The van der Waals surface area contributed by atoms with E-state index in [0.29, 0.717) is 10.7 Å². The standard InChI is InChI=1S/C25H21ClN2O2/c1-18-22(24(26)28(27-18)21-15-9-4-10-16-21)17-30-25(29)23(19-11-5-2-6-12-19)20-13-7-3-8-14-20/h2-16,23H,17H2,1H3. The van der Waals surface area contributed by atoms with Gasteiger partial charge in [0.2, 0.25) is 0 Å². The predicted octanol–water partition coefficient (Wildman–Crippen LogP) is 5.71. The lowest BCUT2D eigenvalue weighted by atomic mass is 9.91. The van der Waals surface area contributed by atoms with Gasteiger partial charge in [-0.1, -0.05) is 90.5 Å². The van der Waals surface area contributed by atoms with Gasteiger partial charge >= 0.3 is 5.97 Å². The van der Waals surface area contributed by atoms with Crippen molar-refractivity contribution in [1.82, 2.24) is 9.78 Å². The Morgan fingerprint density at radius 2 is 1.40 bits per heavy atom. The van der Waals surface area contributed by atoms with Crippen LogP contribution in [0.2, 0.25) is 5.15 Å². The molecule has 150 valence electrons. The highest BCUT2D eigenvalue weighted by Crippen LogP contribution is 2.28. The SMILES string of the molecule is Cc1nn(-c2ccccc2)c(Cl)c1COC(=O)C(c1ccccc1)c1ccccc1. The zero-order valence-corrected chi connectivity index (χ0v) is 17.3. The molecular formula is C25H21ClN2O2. The summed E-state index contributed by atoms with van der Waals surface area (Å²) in [5.74, 6) is -0.828. The molecule has 4 nitrogen and oxygen atoms in total. The lowest BCUT2D eigenvalue weighted by molar-refractivity contribution is -0.145. The number of aryl methyl sites for hydroxylation is 1. The van der Waals surface area contributed by atoms with Gasteiger partial charge in [-0.3, -0.25) is 4.79 Å². The molecule has 0 atom stereocenters. The van der Waals surface area contributed by atoms with Gasteiger partial charge in [0, 0.05) is 5.56 Å². The molecule has 0 saturated carbocycles. The maximum atomic E-state index is 13.1. The Hall–Kier alpha value is -3.37. The Morgan fingerprint density at radius 3 is 1.93 bits per heavy atom. The molecule has 1 aromatic heterocycles. The monoisotopic (exact) mass is 416 g/mol. The van der Waals surface area contributed by atoms with Crippen molar-refractivity contribution in [2.24, 2.45) is 0 Å². The number of carbonyl (C=O) groups is 1. The molecule has 0 spiro atoms. The highest BCUT2D eigenvalue weighted by molar-refractivity contribution is 6.30. The van der Waals surface area contributed by atoms with Crippen LogP contribution >= 0.6 is 11.6 Å². The molecule has 0 fully saturated rings. The van der Waals surface area contributed by atoms with Crippen LogP contribution in [0.3, 0.4) is 0 Å². The van der Waals surface area contributed by atoms with Crippen LogP contribution in [0.25, 0.3) is 5.69 Å². The smallest absolute Gasteiger partial charge is 0.318 e. The Kier molecular flexibility index (Phi) is 5.96. The van der Waals surface area contributed by atoms with Crippen LogP contribution in [0.15, 0.2) is 91.0 Å². The van der Waals surface area contributed by atoms with E-state index in [4.69, 9.17) is 16.3 Å². The summed E-state index contributed by atoms with van der Waals surface area (Å²) < 4.78 is 7.39. The van der Waals surface area contributed by atoms with E-state index in [1.165, 1.54) is 0 Å². The van der Waals surface area contributed by atoms with E-state index in [0.717, 1.165) is 22.5 Å². The van der Waals surface area contributed by atoms with Gasteiger partial charge in [0.1, 0.15) is 17.7 Å². The summed E-state index contributed by atoms with van der Waals surface area (Å²) in [5, 5.41) is 4.96. The summed E-state index contributed by atoms with van der Waals surface area (Å²) in [7, 11) is 0. The van der Waals surface area contributed by atoms with Gasteiger partial charge in [-0.2, -0.15) is 5.10 Å². The Morgan fingerprint density at radius 1 is 0.900 bits per heavy atom. The molecular weight excluding hydrogens is 396 g/mol. The quantitative estimate of drug-likeness (QED) is 0.378. The van der Waals surface area contributed by atoms with Gasteiger partial charge < -0.3 is 4.74 Å². The molecule has 0 aliphatic rings. The van der Waals surface area contributed by atoms with Crippen LogP contribution in [-0.4, -0.2) is 15.7 Å². The van der Waals surface area contributed by atoms with Gasteiger partial charge in [0.15, 0.2) is 0 Å². The van der Waals surface area contributed by atoms with E-state index >= 15 is 0 Å². The zero-order valence-electron chi connectivity index (χ0n) is 16.5. The van der Waals surface area contributed by atoms with Crippen molar-refractivity contribution in [3.63, 3.8) is 0 Å². The highest BCUT2D eigenvalue weighted by atomic mass is 35.5. The molecule has 0 amide bonds. The summed E-state index contributed by atoms with van der Waals surface area (Å²) in [4.78, 5) is 13.1. The third-order valence-electron chi connectivity index (χ3n) is 4.98. The average molecular weight is 417 g/mol. The van der Waals surface area contributed by atoms with Crippen LogP contribution < -0.4 is 0 Å². The number of hydrogen-bond donors (Lipinski definition) is 0. The molecule has 4 aromatic rings. The number of benzene rings is 3. The normalized spacial score (nSPS) is 10.9. The van der Waals surface area contributed by atoms with Crippen LogP contribution in [0.5, 0.6) is 0 Å². The van der Waals surface area contributed by atoms with Crippen molar-refractivity contribution in [3.8, 4) is 5.69 Å². The maximum Gasteiger partial charge on any atom is 0.318 e. The number of hydrogen-bond acceptors (Lipinski definition) is 3. The average Bonchev–Trinajstić information content (AvgIpc) is 3.08. The summed E-state index contributed by atoms with van der Waals surface area (Å²) in [5.41, 5.74) is 4.06. The van der Waals surface area contributed by atoms with Gasteiger partial charge in [0.25, 0.3) is 0 Å². The van der Waals surface area contributed by atoms with Crippen molar-refractivity contribution < 1.29 is 9.53 Å². The Balaban J connectivity index is 1.58. The lowest BCUT2D eigenvalue weighted by Gasteiger charge is -2.17. The third kappa shape index (κ3) is 4.14. The number of para-hydroxylation sites is 1. The second kappa shape index (κ2) is 8.97. The molecule has 0 unspecified atom stereocenters. The number of nitrogens with zero attached hydrogens (tertiary/aromatic N) is 2. The maximum absolute atomic E-state index is 13.1. The number of rotatable bonds is 6. The third-order valence-corrected chi connectivity index (χ3v) is 5.37. The van der Waals surface area contributed by atoms with Crippen molar-refractivity contribution in [2.45, 2.75) is 19.4 Å². The largest absolute Gasteiger partial charge is 0.460 e. The summed E-state index contributed by atoms with van der Waals surface area (Å²) in [6.07, 6.45) is 0. The summed E-state index contributed by atoms with van der Waals surface area (Å²) in [6.45, 7) is 1.92. The molecule has 30 heavy (non-hydrogen) atoms. The van der Waals surface area contributed by atoms with Crippen LogP contribution in [0.4, 0.5) is 0 Å². The topological polar surface area (TPSA) is 44.1 Å². The Labute approximate surface area is 180 Å². The number of esters is 1. The van der Waals surface area contributed by atoms with E-state index in [1.54, 1.807) is 4.68 Å². The van der Waals surface area contributed by atoms with Crippen molar-refractivity contribution in [3.05, 3.63) is 119 Å². The van der Waals surface area contributed by atoms with Crippen LogP contribution in [-0.2, 0) is 16.1 Å². The molecule has 1 heterocycles. The Bertz CT molecular complexity index is 1090. The van der Waals surface area contributed by atoms with Gasteiger partial charge in [-0.25, -0.2) is 4.68 Å². The first kappa shape index (κ1) is 19.9. The van der Waals surface area contributed by atoms with E-state index < -0.39 is 5.92 Å². The number of carbonyl (C=O) groups excluding carboxylic acids is 1. The van der Waals surface area contributed by atoms with Gasteiger partial charge in [0.05, 0.1) is 11.4 Å². The minimum absolute atomic E-state index is 0.0620. The van der Waals surface area contributed by atoms with E-state index in [-0.39, 0.29) is 12.6 Å². The fourth-order valence-corrected chi connectivity index (χ4v) is 3.74. The molecule has 0 saturated heterocycles. The summed E-state index contributed by atoms with van der Waals surface area (Å²) >= 11 is 6.57. The first-order valence-electron chi connectivity index (χ1n) is 9.71. The molecule has 5 heteroatoms. The molecule has 0 N–H and O–H groups in total. The minimum Gasteiger partial charge on any atom is -0.460 e. The summed E-state index contributed by atoms with van der Waals surface area (Å²) in [6, 6.07) is 28.9. The zero-order chi connectivity index (χ0) is 20.9. The molecule has 0 radical (unpaired) electrons. The van der Waals surface area contributed by atoms with Gasteiger partial charge in [-0.15, -0.1) is 0 Å². The molecule has 4 rings (SSSR count). The molecule has 3 aromatic carbocycles. The first-order chi connectivity index (χ1) is 14.6. The van der Waals surface area contributed by atoms with Gasteiger partial charge in [-0.05, 0) is 30.2 Å². The lowest BCUT2D eigenvalue weighted by Crippen LogP contribution is -2.17. The molecule has 0 bridgehead atoms.